The summed E-state index contributed by atoms with van der Waals surface area (Å²) in [4.78, 5) is 14.0. The van der Waals surface area contributed by atoms with Gasteiger partial charge in [0.15, 0.2) is 0 Å². The number of fused-ring (bicyclic) bond motifs is 1. The fraction of sp³-hybridized carbons (Fsp3) is 0.588. The number of rotatable bonds is 3. The number of carbonyl (C=O) groups is 1. The molecule has 0 saturated heterocycles. The van der Waals surface area contributed by atoms with Crippen molar-refractivity contribution in [1.82, 2.24) is 10.2 Å². The summed E-state index contributed by atoms with van der Waals surface area (Å²) >= 11 is 0. The lowest BCUT2D eigenvalue weighted by Crippen LogP contribution is -2.41. The maximum Gasteiger partial charge on any atom is 0.407 e. The normalized spacial score (nSPS) is 19.0. The zero-order valence-electron chi connectivity index (χ0n) is 13.5. The molecule has 1 aromatic carbocycles. The van der Waals surface area contributed by atoms with Crippen LogP contribution in [0.3, 0.4) is 0 Å². The lowest BCUT2D eigenvalue weighted by molar-refractivity contribution is 0.0518. The van der Waals surface area contributed by atoms with Crippen LogP contribution in [0.1, 0.15) is 44.9 Å². The number of carbonyl (C=O) groups excluding carboxylic acids is 1. The first-order chi connectivity index (χ1) is 9.87. The zero-order valence-corrected chi connectivity index (χ0v) is 13.5. The number of hydrogen-bond acceptors (Lipinski definition) is 3. The molecule has 0 aromatic heterocycles. The Hall–Kier alpha value is -1.55. The van der Waals surface area contributed by atoms with Crippen molar-refractivity contribution < 1.29 is 9.53 Å². The summed E-state index contributed by atoms with van der Waals surface area (Å²) in [5.41, 5.74) is 2.41. The molecule has 1 aliphatic heterocycles. The van der Waals surface area contributed by atoms with Gasteiger partial charge in [0, 0.05) is 25.7 Å². The summed E-state index contributed by atoms with van der Waals surface area (Å²) < 4.78 is 5.24. The molecule has 2 rings (SSSR count). The first-order valence-corrected chi connectivity index (χ1v) is 7.65. The van der Waals surface area contributed by atoms with Crippen molar-refractivity contribution in [1.29, 1.82) is 0 Å². The van der Waals surface area contributed by atoms with Crippen LogP contribution in [-0.2, 0) is 11.2 Å². The van der Waals surface area contributed by atoms with E-state index in [-0.39, 0.29) is 6.09 Å². The average Bonchev–Trinajstić information content (AvgIpc) is 2.40. The van der Waals surface area contributed by atoms with E-state index in [4.69, 9.17) is 4.74 Å². The molecule has 0 bridgehead atoms. The number of benzene rings is 1. The average molecular weight is 290 g/mol. The molecule has 1 amide bonds. The Morgan fingerprint density at radius 2 is 2.10 bits per heavy atom. The molecule has 1 heterocycles. The fourth-order valence-electron chi connectivity index (χ4n) is 2.75. The van der Waals surface area contributed by atoms with Gasteiger partial charge >= 0.3 is 6.09 Å². The van der Waals surface area contributed by atoms with Crippen LogP contribution in [0.2, 0.25) is 0 Å². The monoisotopic (exact) mass is 290 g/mol. The van der Waals surface area contributed by atoms with Crippen LogP contribution in [0.5, 0.6) is 0 Å². The summed E-state index contributed by atoms with van der Waals surface area (Å²) in [5, 5.41) is 2.83. The van der Waals surface area contributed by atoms with Gasteiger partial charge in [0.2, 0.25) is 0 Å². The molecule has 4 heteroatoms. The third-order valence-corrected chi connectivity index (χ3v) is 3.79. The van der Waals surface area contributed by atoms with Crippen LogP contribution in [-0.4, -0.2) is 36.2 Å². The van der Waals surface area contributed by atoms with Crippen molar-refractivity contribution in [2.45, 2.75) is 45.8 Å². The van der Waals surface area contributed by atoms with E-state index in [1.165, 1.54) is 11.1 Å². The van der Waals surface area contributed by atoms with Crippen LogP contribution < -0.4 is 5.32 Å². The standard InChI is InChI=1S/C17H26N2O2/c1-13-15-8-6-5-7-14(15)9-11-19(13)12-10-18-16(20)21-17(2,3)4/h5-8,13H,9-12H2,1-4H3,(H,18,20). The lowest BCUT2D eigenvalue weighted by Gasteiger charge is -2.35. The first kappa shape index (κ1) is 15.8. The Labute approximate surface area is 127 Å². The number of amides is 1. The molecule has 0 saturated carbocycles. The van der Waals surface area contributed by atoms with Crippen LogP contribution >= 0.6 is 0 Å². The summed E-state index contributed by atoms with van der Waals surface area (Å²) in [6.07, 6.45) is 0.736. The van der Waals surface area contributed by atoms with Crippen LogP contribution in [0.4, 0.5) is 4.79 Å². The first-order valence-electron chi connectivity index (χ1n) is 7.65. The minimum Gasteiger partial charge on any atom is -0.444 e. The highest BCUT2D eigenvalue weighted by Gasteiger charge is 2.23. The third kappa shape index (κ3) is 4.46. The van der Waals surface area contributed by atoms with Gasteiger partial charge in [0.1, 0.15) is 5.60 Å². The highest BCUT2D eigenvalue weighted by Crippen LogP contribution is 2.28. The minimum absolute atomic E-state index is 0.340. The largest absolute Gasteiger partial charge is 0.444 e. The lowest BCUT2D eigenvalue weighted by atomic mass is 9.94. The predicted octanol–water partition coefficient (Wildman–Crippen LogP) is 3.13. The van der Waals surface area contributed by atoms with E-state index >= 15 is 0 Å². The van der Waals surface area contributed by atoms with E-state index in [0.717, 1.165) is 19.5 Å². The third-order valence-electron chi connectivity index (χ3n) is 3.79. The quantitative estimate of drug-likeness (QED) is 0.930. The number of alkyl carbamates (subject to hydrolysis) is 1. The second-order valence-corrected chi connectivity index (χ2v) is 6.59. The highest BCUT2D eigenvalue weighted by atomic mass is 16.6. The molecule has 0 aliphatic carbocycles. The van der Waals surface area contributed by atoms with Gasteiger partial charge < -0.3 is 10.1 Å². The molecular formula is C17H26N2O2. The number of nitrogens with one attached hydrogen (secondary N) is 1. The van der Waals surface area contributed by atoms with E-state index in [1.54, 1.807) is 0 Å². The van der Waals surface area contributed by atoms with Gasteiger partial charge in [-0.1, -0.05) is 24.3 Å². The molecule has 0 spiro atoms. The Kier molecular flexibility index (Phi) is 4.88. The molecule has 1 unspecified atom stereocenters. The zero-order chi connectivity index (χ0) is 15.5. The number of nitrogens with zero attached hydrogens (tertiary/aromatic N) is 1. The van der Waals surface area contributed by atoms with E-state index in [1.807, 2.05) is 20.8 Å². The molecule has 1 aromatic rings. The van der Waals surface area contributed by atoms with Gasteiger partial charge in [0.05, 0.1) is 0 Å². The molecule has 1 atom stereocenters. The van der Waals surface area contributed by atoms with Crippen molar-refractivity contribution in [3.63, 3.8) is 0 Å². The van der Waals surface area contributed by atoms with E-state index in [2.05, 4.69) is 41.4 Å². The van der Waals surface area contributed by atoms with Crippen molar-refractivity contribution in [3.8, 4) is 0 Å². The predicted molar refractivity (Wildman–Crippen MR) is 84.4 cm³/mol. The van der Waals surface area contributed by atoms with Crippen molar-refractivity contribution >= 4 is 6.09 Å². The number of ether oxygens (including phenoxy) is 1. The molecule has 21 heavy (non-hydrogen) atoms. The second-order valence-electron chi connectivity index (χ2n) is 6.59. The van der Waals surface area contributed by atoms with E-state index in [0.29, 0.717) is 12.6 Å². The molecule has 116 valence electrons. The molecule has 1 aliphatic rings. The Balaban J connectivity index is 1.81. The van der Waals surface area contributed by atoms with Crippen molar-refractivity contribution in [2.75, 3.05) is 19.6 Å². The van der Waals surface area contributed by atoms with Crippen LogP contribution in [0.15, 0.2) is 24.3 Å². The maximum absolute atomic E-state index is 11.6. The Bertz CT molecular complexity index is 494. The van der Waals surface area contributed by atoms with Crippen molar-refractivity contribution in [2.24, 2.45) is 0 Å². The Morgan fingerprint density at radius 1 is 1.38 bits per heavy atom. The van der Waals surface area contributed by atoms with Gasteiger partial charge in [0.25, 0.3) is 0 Å². The fourth-order valence-corrected chi connectivity index (χ4v) is 2.75. The minimum atomic E-state index is -0.443. The summed E-state index contributed by atoms with van der Waals surface area (Å²) in [6, 6.07) is 9.01. The highest BCUT2D eigenvalue weighted by molar-refractivity contribution is 5.67. The molecule has 0 radical (unpaired) electrons. The smallest absolute Gasteiger partial charge is 0.407 e. The number of hydrogen-bond donors (Lipinski definition) is 1. The van der Waals surface area contributed by atoms with Gasteiger partial charge in [-0.15, -0.1) is 0 Å². The SMILES string of the molecule is CC1c2ccccc2CCN1CCNC(=O)OC(C)(C)C. The van der Waals surface area contributed by atoms with Crippen LogP contribution in [0, 0.1) is 0 Å². The maximum atomic E-state index is 11.6. The van der Waals surface area contributed by atoms with Crippen molar-refractivity contribution in [3.05, 3.63) is 35.4 Å². The molecule has 0 fully saturated rings. The summed E-state index contributed by atoms with van der Waals surface area (Å²) in [6.45, 7) is 10.3. The van der Waals surface area contributed by atoms with Crippen LogP contribution in [0.25, 0.3) is 0 Å². The summed E-state index contributed by atoms with van der Waals surface area (Å²) in [7, 11) is 0. The molecular weight excluding hydrogens is 264 g/mol. The molecule has 4 nitrogen and oxygen atoms in total. The summed E-state index contributed by atoms with van der Waals surface area (Å²) in [5.74, 6) is 0. The topological polar surface area (TPSA) is 41.6 Å². The van der Waals surface area contributed by atoms with Gasteiger partial charge in [-0.05, 0) is 45.2 Å². The van der Waals surface area contributed by atoms with Gasteiger partial charge in [-0.3, -0.25) is 4.90 Å². The van der Waals surface area contributed by atoms with Gasteiger partial charge in [-0.2, -0.15) is 0 Å². The van der Waals surface area contributed by atoms with E-state index < -0.39 is 5.60 Å². The Morgan fingerprint density at radius 3 is 2.81 bits per heavy atom. The second kappa shape index (κ2) is 6.48. The van der Waals surface area contributed by atoms with Gasteiger partial charge in [-0.25, -0.2) is 4.79 Å². The molecule has 1 N–H and O–H groups in total. The van der Waals surface area contributed by atoms with E-state index in [9.17, 15) is 4.79 Å².